The second kappa shape index (κ2) is 9.89. The van der Waals surface area contributed by atoms with E-state index in [2.05, 4.69) is 0 Å². The minimum absolute atomic E-state index is 0.0237. The van der Waals surface area contributed by atoms with Crippen LogP contribution in [0, 0.1) is 12.7 Å². The largest absolute Gasteiger partial charge is 0.427 e. The van der Waals surface area contributed by atoms with Gasteiger partial charge in [0.05, 0.1) is 12.1 Å². The minimum Gasteiger partial charge on any atom is -0.427 e. The summed E-state index contributed by atoms with van der Waals surface area (Å²) in [4.78, 5) is 53.3. The first kappa shape index (κ1) is 23.8. The fourth-order valence-corrected chi connectivity index (χ4v) is 3.93. The number of anilines is 1. The SMILES string of the molecule is CC(=O)Oc1ccc(N2C(=O)CC(N(Cc3ccc(F)cc3)C(=O)c3ccc(C)cc3)C2=O)cc1. The molecule has 1 saturated heterocycles. The van der Waals surface area contributed by atoms with Gasteiger partial charge in [-0.3, -0.25) is 19.2 Å². The van der Waals surface area contributed by atoms with Crippen LogP contribution in [0.5, 0.6) is 5.75 Å². The van der Waals surface area contributed by atoms with E-state index in [1.807, 2.05) is 6.92 Å². The molecule has 0 aromatic heterocycles. The molecule has 1 heterocycles. The number of carbonyl (C=O) groups is 4. The Bertz CT molecular complexity index is 1270. The molecule has 3 aromatic carbocycles. The van der Waals surface area contributed by atoms with Gasteiger partial charge in [-0.15, -0.1) is 0 Å². The summed E-state index contributed by atoms with van der Waals surface area (Å²) in [6.07, 6.45) is -0.191. The number of amides is 3. The number of ether oxygens (including phenoxy) is 1. The van der Waals surface area contributed by atoms with E-state index in [0.29, 0.717) is 16.8 Å². The molecule has 1 fully saturated rings. The van der Waals surface area contributed by atoms with Gasteiger partial charge in [-0.05, 0) is 61.0 Å². The summed E-state index contributed by atoms with van der Waals surface area (Å²) in [5.41, 5.74) is 2.28. The first-order chi connectivity index (χ1) is 16.7. The Balaban J connectivity index is 1.64. The average molecular weight is 474 g/mol. The molecule has 1 atom stereocenters. The summed E-state index contributed by atoms with van der Waals surface area (Å²) < 4.78 is 18.4. The zero-order chi connectivity index (χ0) is 25.1. The number of nitrogens with zero attached hydrogens (tertiary/aromatic N) is 2. The van der Waals surface area contributed by atoms with Gasteiger partial charge >= 0.3 is 5.97 Å². The average Bonchev–Trinajstić information content (AvgIpc) is 3.12. The molecule has 0 aliphatic carbocycles. The van der Waals surface area contributed by atoms with Crippen LogP contribution in [-0.4, -0.2) is 34.6 Å². The van der Waals surface area contributed by atoms with Crippen molar-refractivity contribution in [1.29, 1.82) is 0 Å². The Morgan fingerprint density at radius 2 is 1.60 bits per heavy atom. The monoisotopic (exact) mass is 474 g/mol. The van der Waals surface area contributed by atoms with Crippen LogP contribution in [0.1, 0.15) is 34.8 Å². The van der Waals surface area contributed by atoms with Gasteiger partial charge < -0.3 is 9.64 Å². The van der Waals surface area contributed by atoms with E-state index in [4.69, 9.17) is 4.74 Å². The van der Waals surface area contributed by atoms with Gasteiger partial charge in [-0.2, -0.15) is 0 Å². The predicted molar refractivity (Wildman–Crippen MR) is 126 cm³/mol. The Morgan fingerprint density at radius 1 is 0.971 bits per heavy atom. The lowest BCUT2D eigenvalue weighted by atomic mass is 10.1. The standard InChI is InChI=1S/C27H23FN2O5/c1-17-3-7-20(8-4-17)26(33)29(16-19-5-9-21(28)10-6-19)24-15-25(32)30(27(24)34)22-11-13-23(14-12-22)35-18(2)31/h3-14,24H,15-16H2,1-2H3. The number of hydrogen-bond acceptors (Lipinski definition) is 5. The molecule has 35 heavy (non-hydrogen) atoms. The number of carbonyl (C=O) groups excluding carboxylic acids is 4. The smallest absolute Gasteiger partial charge is 0.308 e. The van der Waals surface area contributed by atoms with E-state index in [1.165, 1.54) is 60.4 Å². The molecular formula is C27H23FN2O5. The van der Waals surface area contributed by atoms with E-state index in [0.717, 1.165) is 10.5 Å². The molecule has 0 saturated carbocycles. The molecule has 7 nitrogen and oxygen atoms in total. The van der Waals surface area contributed by atoms with Crippen LogP contribution >= 0.6 is 0 Å². The summed E-state index contributed by atoms with van der Waals surface area (Å²) in [7, 11) is 0. The van der Waals surface area contributed by atoms with Crippen LogP contribution < -0.4 is 9.64 Å². The van der Waals surface area contributed by atoms with Crippen LogP contribution in [0.3, 0.4) is 0 Å². The van der Waals surface area contributed by atoms with Crippen molar-refractivity contribution >= 4 is 29.4 Å². The molecule has 1 aliphatic rings. The normalized spacial score (nSPS) is 15.3. The highest BCUT2D eigenvalue weighted by Gasteiger charge is 2.44. The number of imide groups is 1. The van der Waals surface area contributed by atoms with Crippen LogP contribution in [0.25, 0.3) is 0 Å². The lowest BCUT2D eigenvalue weighted by molar-refractivity contribution is -0.132. The second-order valence-corrected chi connectivity index (χ2v) is 8.30. The van der Waals surface area contributed by atoms with E-state index in [1.54, 1.807) is 24.3 Å². The lowest BCUT2D eigenvalue weighted by Gasteiger charge is -2.28. The first-order valence-corrected chi connectivity index (χ1v) is 11.0. The fourth-order valence-electron chi connectivity index (χ4n) is 3.93. The van der Waals surface area contributed by atoms with Gasteiger partial charge in [-0.1, -0.05) is 29.8 Å². The van der Waals surface area contributed by atoms with Crippen molar-refractivity contribution in [3.63, 3.8) is 0 Å². The molecule has 1 unspecified atom stereocenters. The zero-order valence-electron chi connectivity index (χ0n) is 19.2. The third-order valence-corrected chi connectivity index (χ3v) is 5.68. The fraction of sp³-hybridized carbons (Fsp3) is 0.185. The number of rotatable bonds is 6. The molecule has 0 radical (unpaired) electrons. The highest BCUT2D eigenvalue weighted by atomic mass is 19.1. The Hall–Kier alpha value is -4.33. The van der Waals surface area contributed by atoms with Gasteiger partial charge in [0.2, 0.25) is 5.91 Å². The van der Waals surface area contributed by atoms with E-state index < -0.39 is 35.5 Å². The maximum atomic E-state index is 13.5. The highest BCUT2D eigenvalue weighted by molar-refractivity contribution is 6.23. The second-order valence-electron chi connectivity index (χ2n) is 8.30. The highest BCUT2D eigenvalue weighted by Crippen LogP contribution is 2.29. The van der Waals surface area contributed by atoms with Crippen molar-refractivity contribution in [2.45, 2.75) is 32.9 Å². The third kappa shape index (κ3) is 5.27. The third-order valence-electron chi connectivity index (χ3n) is 5.68. The minimum atomic E-state index is -1.03. The summed E-state index contributed by atoms with van der Waals surface area (Å²) in [5.74, 6) is -2.03. The number of benzene rings is 3. The molecule has 0 spiro atoms. The molecule has 8 heteroatoms. The van der Waals surface area contributed by atoms with Crippen molar-refractivity contribution < 1.29 is 28.3 Å². The number of halogens is 1. The van der Waals surface area contributed by atoms with Crippen molar-refractivity contribution in [3.8, 4) is 5.75 Å². The molecule has 0 bridgehead atoms. The van der Waals surface area contributed by atoms with Gasteiger partial charge in [-0.25, -0.2) is 9.29 Å². The van der Waals surface area contributed by atoms with Crippen molar-refractivity contribution in [2.24, 2.45) is 0 Å². The van der Waals surface area contributed by atoms with Crippen LogP contribution in [-0.2, 0) is 20.9 Å². The molecule has 0 N–H and O–H groups in total. The molecule has 178 valence electrons. The maximum Gasteiger partial charge on any atom is 0.308 e. The van der Waals surface area contributed by atoms with E-state index >= 15 is 0 Å². The van der Waals surface area contributed by atoms with Gasteiger partial charge in [0.25, 0.3) is 11.8 Å². The maximum absolute atomic E-state index is 13.5. The summed E-state index contributed by atoms with van der Waals surface area (Å²) >= 11 is 0. The molecule has 1 aliphatic heterocycles. The van der Waals surface area contributed by atoms with Crippen LogP contribution in [0.2, 0.25) is 0 Å². The lowest BCUT2D eigenvalue weighted by Crippen LogP contribution is -2.45. The van der Waals surface area contributed by atoms with E-state index in [9.17, 15) is 23.6 Å². The van der Waals surface area contributed by atoms with Crippen LogP contribution in [0.4, 0.5) is 10.1 Å². The molecule has 4 rings (SSSR count). The summed E-state index contributed by atoms with van der Waals surface area (Å²) in [6, 6.07) is 17.5. The Morgan fingerprint density at radius 3 is 2.20 bits per heavy atom. The summed E-state index contributed by atoms with van der Waals surface area (Å²) in [5, 5.41) is 0. The number of aryl methyl sites for hydroxylation is 1. The molecule has 3 aromatic rings. The van der Waals surface area contributed by atoms with Crippen molar-refractivity contribution in [1.82, 2.24) is 4.90 Å². The van der Waals surface area contributed by atoms with Crippen LogP contribution in [0.15, 0.2) is 72.8 Å². The van der Waals surface area contributed by atoms with E-state index in [-0.39, 0.29) is 18.7 Å². The topological polar surface area (TPSA) is 84.0 Å². The number of esters is 1. The molecular weight excluding hydrogens is 451 g/mol. The Kier molecular flexibility index (Phi) is 6.73. The predicted octanol–water partition coefficient (Wildman–Crippen LogP) is 4.03. The number of hydrogen-bond donors (Lipinski definition) is 0. The van der Waals surface area contributed by atoms with Gasteiger partial charge in [0.15, 0.2) is 0 Å². The van der Waals surface area contributed by atoms with Gasteiger partial charge in [0, 0.05) is 19.0 Å². The first-order valence-electron chi connectivity index (χ1n) is 11.0. The van der Waals surface area contributed by atoms with Crippen molar-refractivity contribution in [3.05, 3.63) is 95.3 Å². The molecule has 3 amide bonds. The van der Waals surface area contributed by atoms with Crippen molar-refractivity contribution in [2.75, 3.05) is 4.90 Å². The zero-order valence-corrected chi connectivity index (χ0v) is 19.2. The summed E-state index contributed by atoms with van der Waals surface area (Å²) in [6.45, 7) is 3.19. The quantitative estimate of drug-likeness (QED) is 0.306. The van der Waals surface area contributed by atoms with Gasteiger partial charge in [0.1, 0.15) is 17.6 Å². The Labute approximate surface area is 201 Å².